The van der Waals surface area contributed by atoms with Crippen molar-refractivity contribution in [3.63, 3.8) is 0 Å². The van der Waals surface area contributed by atoms with E-state index in [-0.39, 0.29) is 0 Å². The van der Waals surface area contributed by atoms with Gasteiger partial charge in [0.15, 0.2) is 0 Å². The molecule has 3 heteroatoms. The molecule has 1 aromatic carbocycles. The zero-order valence-corrected chi connectivity index (χ0v) is 8.79. The second-order valence-electron chi connectivity index (χ2n) is 4.03. The van der Waals surface area contributed by atoms with Crippen LogP contribution in [-0.4, -0.2) is 17.6 Å². The van der Waals surface area contributed by atoms with Crippen LogP contribution in [0.1, 0.15) is 40.4 Å². The first kappa shape index (κ1) is 10.2. The molecule has 1 fully saturated rings. The molecule has 0 amide bonds. The Kier molecular flexibility index (Phi) is 2.73. The molecule has 0 spiro atoms. The third kappa shape index (κ3) is 2.02. The van der Waals surface area contributed by atoms with E-state index in [4.69, 9.17) is 5.11 Å². The summed E-state index contributed by atoms with van der Waals surface area (Å²) < 4.78 is 0. The predicted octanol–water partition coefficient (Wildman–Crippen LogP) is 2.12. The number of hydrogen-bond acceptors (Lipinski definition) is 2. The highest BCUT2D eigenvalue weighted by molar-refractivity contribution is 5.87. The zero-order chi connectivity index (χ0) is 10.8. The lowest BCUT2D eigenvalue weighted by Gasteiger charge is -2.14. The Hall–Kier alpha value is -1.35. The van der Waals surface area contributed by atoms with E-state index < -0.39 is 5.97 Å². The Balaban J connectivity index is 2.29. The Bertz CT molecular complexity index is 381. The molecule has 1 aliphatic heterocycles. The normalized spacial score (nSPS) is 20.5. The molecule has 1 heterocycles. The highest BCUT2D eigenvalue weighted by atomic mass is 16.4. The maximum absolute atomic E-state index is 10.8. The summed E-state index contributed by atoms with van der Waals surface area (Å²) in [4.78, 5) is 10.8. The number of hydrogen-bond donors (Lipinski definition) is 2. The first-order valence-electron chi connectivity index (χ1n) is 5.25. The third-order valence-corrected chi connectivity index (χ3v) is 2.95. The lowest BCUT2D eigenvalue weighted by atomic mass is 9.98. The van der Waals surface area contributed by atoms with Gasteiger partial charge in [0.05, 0.1) is 5.56 Å². The van der Waals surface area contributed by atoms with Crippen molar-refractivity contribution in [1.29, 1.82) is 0 Å². The Morgan fingerprint density at radius 3 is 2.87 bits per heavy atom. The van der Waals surface area contributed by atoms with Crippen molar-refractivity contribution in [2.45, 2.75) is 25.8 Å². The Morgan fingerprint density at radius 2 is 2.33 bits per heavy atom. The SMILES string of the molecule is Cc1cc(C(=O)O)ccc1[C@H]1CCCN1. The largest absolute Gasteiger partial charge is 0.478 e. The standard InChI is InChI=1S/C12H15NO2/c1-8-7-9(12(14)15)4-5-10(8)11-3-2-6-13-11/h4-5,7,11,13H,2-3,6H2,1H3,(H,14,15)/t11-/m1/s1. The lowest BCUT2D eigenvalue weighted by Crippen LogP contribution is -2.14. The molecule has 0 aliphatic carbocycles. The van der Waals surface area contributed by atoms with Gasteiger partial charge >= 0.3 is 5.97 Å². The van der Waals surface area contributed by atoms with Crippen LogP contribution in [0.4, 0.5) is 0 Å². The molecule has 0 aromatic heterocycles. The van der Waals surface area contributed by atoms with Gasteiger partial charge in [0.1, 0.15) is 0 Å². The maximum atomic E-state index is 10.8. The van der Waals surface area contributed by atoms with Gasteiger partial charge in [-0.25, -0.2) is 4.79 Å². The molecule has 0 bridgehead atoms. The van der Waals surface area contributed by atoms with Crippen LogP contribution >= 0.6 is 0 Å². The van der Waals surface area contributed by atoms with Gasteiger partial charge in [0.25, 0.3) is 0 Å². The van der Waals surface area contributed by atoms with Crippen molar-refractivity contribution >= 4 is 5.97 Å². The van der Waals surface area contributed by atoms with E-state index in [9.17, 15) is 4.79 Å². The quantitative estimate of drug-likeness (QED) is 0.777. The van der Waals surface area contributed by atoms with Crippen LogP contribution in [0.3, 0.4) is 0 Å². The lowest BCUT2D eigenvalue weighted by molar-refractivity contribution is 0.0696. The van der Waals surface area contributed by atoms with Crippen molar-refractivity contribution in [2.24, 2.45) is 0 Å². The van der Waals surface area contributed by atoms with Gasteiger partial charge in [-0.3, -0.25) is 0 Å². The molecule has 0 radical (unpaired) electrons. The molecule has 0 saturated carbocycles. The highest BCUT2D eigenvalue weighted by Gasteiger charge is 2.18. The molecule has 1 aliphatic rings. The minimum Gasteiger partial charge on any atom is -0.478 e. The van der Waals surface area contributed by atoms with E-state index in [2.05, 4.69) is 5.32 Å². The van der Waals surface area contributed by atoms with Crippen molar-refractivity contribution in [3.05, 3.63) is 34.9 Å². The van der Waals surface area contributed by atoms with Crippen molar-refractivity contribution in [1.82, 2.24) is 5.32 Å². The molecule has 1 aromatic rings. The predicted molar refractivity (Wildman–Crippen MR) is 58.1 cm³/mol. The van der Waals surface area contributed by atoms with E-state index in [1.807, 2.05) is 13.0 Å². The molecule has 0 unspecified atom stereocenters. The molecule has 15 heavy (non-hydrogen) atoms. The molecule has 1 saturated heterocycles. The molecule has 2 rings (SSSR count). The molecular formula is C12H15NO2. The van der Waals surface area contributed by atoms with Crippen molar-refractivity contribution < 1.29 is 9.90 Å². The van der Waals surface area contributed by atoms with Crippen LogP contribution in [0, 0.1) is 6.92 Å². The van der Waals surface area contributed by atoms with Crippen molar-refractivity contribution in [3.8, 4) is 0 Å². The number of benzene rings is 1. The summed E-state index contributed by atoms with van der Waals surface area (Å²) in [6.45, 7) is 3.03. The summed E-state index contributed by atoms with van der Waals surface area (Å²) in [5, 5.41) is 12.3. The van der Waals surface area contributed by atoms with E-state index in [1.54, 1.807) is 12.1 Å². The number of carboxylic acids is 1. The van der Waals surface area contributed by atoms with Gasteiger partial charge in [0, 0.05) is 6.04 Å². The van der Waals surface area contributed by atoms with Gasteiger partial charge < -0.3 is 10.4 Å². The van der Waals surface area contributed by atoms with E-state index in [0.29, 0.717) is 11.6 Å². The van der Waals surface area contributed by atoms with Crippen LogP contribution in [0.25, 0.3) is 0 Å². The summed E-state index contributed by atoms with van der Waals surface area (Å²) in [6, 6.07) is 5.78. The zero-order valence-electron chi connectivity index (χ0n) is 8.79. The summed E-state index contributed by atoms with van der Waals surface area (Å²) in [5.74, 6) is -0.857. The van der Waals surface area contributed by atoms with Crippen molar-refractivity contribution in [2.75, 3.05) is 6.54 Å². The van der Waals surface area contributed by atoms with Crippen LogP contribution < -0.4 is 5.32 Å². The van der Waals surface area contributed by atoms with Crippen LogP contribution in [0.2, 0.25) is 0 Å². The molecular weight excluding hydrogens is 190 g/mol. The van der Waals surface area contributed by atoms with Crippen LogP contribution in [-0.2, 0) is 0 Å². The smallest absolute Gasteiger partial charge is 0.335 e. The third-order valence-electron chi connectivity index (χ3n) is 2.95. The van der Waals surface area contributed by atoms with E-state index in [1.165, 1.54) is 12.0 Å². The first-order valence-corrected chi connectivity index (χ1v) is 5.25. The summed E-state index contributed by atoms with van der Waals surface area (Å²) in [7, 11) is 0. The van der Waals surface area contributed by atoms with Crippen LogP contribution in [0.5, 0.6) is 0 Å². The highest BCUT2D eigenvalue weighted by Crippen LogP contribution is 2.26. The molecule has 1 atom stereocenters. The molecule has 2 N–H and O–H groups in total. The monoisotopic (exact) mass is 205 g/mol. The fourth-order valence-corrected chi connectivity index (χ4v) is 2.15. The second-order valence-corrected chi connectivity index (χ2v) is 4.03. The second kappa shape index (κ2) is 4.03. The fourth-order valence-electron chi connectivity index (χ4n) is 2.15. The van der Waals surface area contributed by atoms with Gasteiger partial charge in [-0.2, -0.15) is 0 Å². The van der Waals surface area contributed by atoms with Gasteiger partial charge in [-0.15, -0.1) is 0 Å². The van der Waals surface area contributed by atoms with E-state index in [0.717, 1.165) is 18.5 Å². The number of aryl methyl sites for hydroxylation is 1. The maximum Gasteiger partial charge on any atom is 0.335 e. The Labute approximate surface area is 89.1 Å². The molecule has 80 valence electrons. The van der Waals surface area contributed by atoms with Crippen LogP contribution in [0.15, 0.2) is 18.2 Å². The van der Waals surface area contributed by atoms with Gasteiger partial charge in [-0.05, 0) is 49.6 Å². The van der Waals surface area contributed by atoms with E-state index >= 15 is 0 Å². The number of nitrogens with one attached hydrogen (secondary N) is 1. The average molecular weight is 205 g/mol. The summed E-state index contributed by atoms with van der Waals surface area (Å²) in [5.41, 5.74) is 2.67. The minimum atomic E-state index is -0.857. The average Bonchev–Trinajstić information content (AvgIpc) is 2.70. The molecule has 3 nitrogen and oxygen atoms in total. The number of rotatable bonds is 2. The number of carbonyl (C=O) groups is 1. The minimum absolute atomic E-state index is 0.370. The summed E-state index contributed by atoms with van der Waals surface area (Å²) >= 11 is 0. The van der Waals surface area contributed by atoms with Gasteiger partial charge in [-0.1, -0.05) is 6.07 Å². The summed E-state index contributed by atoms with van der Waals surface area (Å²) in [6.07, 6.45) is 2.35. The Morgan fingerprint density at radius 1 is 1.53 bits per heavy atom. The fraction of sp³-hybridized carbons (Fsp3) is 0.417. The topological polar surface area (TPSA) is 49.3 Å². The first-order chi connectivity index (χ1) is 7.18. The number of aromatic carboxylic acids is 1. The van der Waals surface area contributed by atoms with Gasteiger partial charge in [0.2, 0.25) is 0 Å². The number of carboxylic acid groups (broad SMARTS) is 1.